The molecule has 112 valence electrons. The Morgan fingerprint density at radius 2 is 2.00 bits per heavy atom. The third-order valence-corrected chi connectivity index (χ3v) is 3.21. The van der Waals surface area contributed by atoms with E-state index in [9.17, 15) is 18.0 Å². The highest BCUT2D eigenvalue weighted by molar-refractivity contribution is 6.31. The van der Waals surface area contributed by atoms with Gasteiger partial charge >= 0.3 is 6.18 Å². The number of aryl methyl sites for hydroxylation is 2. The van der Waals surface area contributed by atoms with Crippen LogP contribution in [-0.4, -0.2) is 15.7 Å². The molecule has 0 aliphatic rings. The normalized spacial score (nSPS) is 11.5. The van der Waals surface area contributed by atoms with Crippen molar-refractivity contribution in [3.8, 4) is 0 Å². The lowest BCUT2D eigenvalue weighted by Crippen LogP contribution is -2.14. The molecule has 0 aliphatic carbocycles. The molecule has 0 bridgehead atoms. The number of carbonyl (C=O) groups excluding carboxylic acids is 1. The van der Waals surface area contributed by atoms with Crippen LogP contribution in [0.2, 0.25) is 5.02 Å². The van der Waals surface area contributed by atoms with Crippen LogP contribution in [0.15, 0.2) is 24.3 Å². The van der Waals surface area contributed by atoms with Crippen molar-refractivity contribution < 1.29 is 18.0 Å². The van der Waals surface area contributed by atoms with Crippen LogP contribution < -0.4 is 5.32 Å². The number of hydrogen-bond donors (Lipinski definition) is 1. The summed E-state index contributed by atoms with van der Waals surface area (Å²) in [5, 5.41) is 5.89. The fraction of sp³-hybridized carbons (Fsp3) is 0.231. The summed E-state index contributed by atoms with van der Waals surface area (Å²) in [7, 11) is 1.66. The van der Waals surface area contributed by atoms with E-state index in [0.717, 1.165) is 17.8 Å². The lowest BCUT2D eigenvalue weighted by Gasteiger charge is -2.11. The van der Waals surface area contributed by atoms with Crippen molar-refractivity contribution in [3.05, 3.63) is 46.2 Å². The Labute approximate surface area is 123 Å². The van der Waals surface area contributed by atoms with Crippen molar-refractivity contribution >= 4 is 23.2 Å². The zero-order valence-corrected chi connectivity index (χ0v) is 11.9. The van der Waals surface area contributed by atoms with E-state index in [0.29, 0.717) is 0 Å². The Balaban J connectivity index is 2.26. The van der Waals surface area contributed by atoms with Crippen molar-refractivity contribution in [2.75, 3.05) is 5.32 Å². The largest absolute Gasteiger partial charge is 0.417 e. The van der Waals surface area contributed by atoms with Gasteiger partial charge in [-0.3, -0.25) is 9.48 Å². The smallest absolute Gasteiger partial charge is 0.321 e. The van der Waals surface area contributed by atoms with E-state index in [1.165, 1.54) is 16.8 Å². The summed E-state index contributed by atoms with van der Waals surface area (Å²) >= 11 is 5.51. The van der Waals surface area contributed by atoms with Gasteiger partial charge < -0.3 is 5.32 Å². The van der Waals surface area contributed by atoms with Crippen molar-refractivity contribution in [2.45, 2.75) is 13.1 Å². The molecule has 4 nitrogen and oxygen atoms in total. The molecule has 1 heterocycles. The van der Waals surface area contributed by atoms with Crippen LogP contribution in [0.25, 0.3) is 0 Å². The summed E-state index contributed by atoms with van der Waals surface area (Å²) in [6, 6.07) is 4.71. The number of carbonyl (C=O) groups is 1. The van der Waals surface area contributed by atoms with E-state index in [2.05, 4.69) is 10.4 Å². The molecular weight excluding hydrogens is 307 g/mol. The number of halogens is 4. The first-order valence-corrected chi connectivity index (χ1v) is 6.25. The minimum atomic E-state index is -4.58. The summed E-state index contributed by atoms with van der Waals surface area (Å²) in [6.45, 7) is 1.76. The van der Waals surface area contributed by atoms with Crippen LogP contribution in [0.3, 0.4) is 0 Å². The van der Waals surface area contributed by atoms with Gasteiger partial charge in [-0.1, -0.05) is 11.6 Å². The van der Waals surface area contributed by atoms with Gasteiger partial charge in [0.1, 0.15) is 0 Å². The molecule has 0 saturated carbocycles. The molecule has 8 heteroatoms. The van der Waals surface area contributed by atoms with Crippen LogP contribution in [0.1, 0.15) is 21.7 Å². The number of rotatable bonds is 2. The van der Waals surface area contributed by atoms with Crippen LogP contribution in [-0.2, 0) is 13.2 Å². The van der Waals surface area contributed by atoms with Gasteiger partial charge in [0, 0.05) is 18.4 Å². The first-order chi connectivity index (χ1) is 9.68. The van der Waals surface area contributed by atoms with E-state index in [-0.39, 0.29) is 11.4 Å². The highest BCUT2D eigenvalue weighted by Gasteiger charge is 2.33. The van der Waals surface area contributed by atoms with E-state index in [1.54, 1.807) is 14.0 Å². The van der Waals surface area contributed by atoms with Crippen molar-refractivity contribution in [1.82, 2.24) is 9.78 Å². The molecule has 21 heavy (non-hydrogen) atoms. The number of hydrogen-bond acceptors (Lipinski definition) is 2. The monoisotopic (exact) mass is 317 g/mol. The Bertz CT molecular complexity index is 675. The first-order valence-electron chi connectivity index (χ1n) is 5.87. The average molecular weight is 318 g/mol. The summed E-state index contributed by atoms with van der Waals surface area (Å²) in [4.78, 5) is 11.9. The molecule has 1 amide bonds. The number of amides is 1. The number of alkyl halides is 3. The standard InChI is InChI=1S/C13H11ClF3N3O/c1-7-5-11(19-20(7)2)12(21)18-8-3-4-10(14)9(6-8)13(15,16)17/h3-6H,1-2H3,(H,18,21). The molecule has 0 radical (unpaired) electrons. The van der Waals surface area contributed by atoms with Gasteiger partial charge in [0.2, 0.25) is 0 Å². The molecule has 0 unspecified atom stereocenters. The van der Waals surface area contributed by atoms with E-state index in [1.807, 2.05) is 0 Å². The predicted molar refractivity (Wildman–Crippen MR) is 72.4 cm³/mol. The van der Waals surface area contributed by atoms with Crippen molar-refractivity contribution in [2.24, 2.45) is 7.05 Å². The topological polar surface area (TPSA) is 46.9 Å². The number of benzene rings is 1. The number of nitrogens with one attached hydrogen (secondary N) is 1. The minimum Gasteiger partial charge on any atom is -0.321 e. The first kappa shape index (κ1) is 15.4. The third-order valence-electron chi connectivity index (χ3n) is 2.88. The summed E-state index contributed by atoms with van der Waals surface area (Å²) in [5.41, 5.74) is -0.120. The molecular formula is C13H11ClF3N3O. The molecule has 1 N–H and O–H groups in total. The maximum Gasteiger partial charge on any atom is 0.417 e. The molecule has 0 saturated heterocycles. The van der Waals surface area contributed by atoms with Gasteiger partial charge in [-0.2, -0.15) is 18.3 Å². The van der Waals surface area contributed by atoms with E-state index >= 15 is 0 Å². The minimum absolute atomic E-state index is 0.0000288. The van der Waals surface area contributed by atoms with Gasteiger partial charge in [0.05, 0.1) is 10.6 Å². The third kappa shape index (κ3) is 3.36. The highest BCUT2D eigenvalue weighted by atomic mass is 35.5. The SMILES string of the molecule is Cc1cc(C(=O)Nc2ccc(Cl)c(C(F)(F)F)c2)nn1C. The average Bonchev–Trinajstić information content (AvgIpc) is 2.71. The maximum absolute atomic E-state index is 12.7. The van der Waals surface area contributed by atoms with Crippen LogP contribution in [0, 0.1) is 6.92 Å². The molecule has 2 rings (SSSR count). The van der Waals surface area contributed by atoms with Crippen LogP contribution >= 0.6 is 11.6 Å². The second-order valence-electron chi connectivity index (χ2n) is 4.44. The van der Waals surface area contributed by atoms with Gasteiger partial charge in [0.25, 0.3) is 5.91 Å². The molecule has 1 aromatic carbocycles. The fourth-order valence-electron chi connectivity index (χ4n) is 1.69. The molecule has 0 fully saturated rings. The van der Waals surface area contributed by atoms with Gasteiger partial charge in [-0.15, -0.1) is 0 Å². The van der Waals surface area contributed by atoms with Gasteiger partial charge in [-0.05, 0) is 31.2 Å². The maximum atomic E-state index is 12.7. The molecule has 2 aromatic rings. The Hall–Kier alpha value is -2.02. The van der Waals surface area contributed by atoms with Crippen molar-refractivity contribution in [3.63, 3.8) is 0 Å². The van der Waals surface area contributed by atoms with Crippen LogP contribution in [0.4, 0.5) is 18.9 Å². The zero-order chi connectivity index (χ0) is 15.8. The Morgan fingerprint density at radius 3 is 2.52 bits per heavy atom. The van der Waals surface area contributed by atoms with Gasteiger partial charge in [0.15, 0.2) is 5.69 Å². The highest BCUT2D eigenvalue weighted by Crippen LogP contribution is 2.36. The fourth-order valence-corrected chi connectivity index (χ4v) is 1.91. The summed E-state index contributed by atoms with van der Waals surface area (Å²) in [5.74, 6) is -0.589. The number of nitrogens with zero attached hydrogens (tertiary/aromatic N) is 2. The van der Waals surface area contributed by atoms with Crippen molar-refractivity contribution in [1.29, 1.82) is 0 Å². The van der Waals surface area contributed by atoms with Crippen LogP contribution in [0.5, 0.6) is 0 Å². The Kier molecular flexibility index (Phi) is 3.95. The molecule has 0 spiro atoms. The number of anilines is 1. The lowest BCUT2D eigenvalue weighted by molar-refractivity contribution is -0.137. The number of aromatic nitrogens is 2. The zero-order valence-electron chi connectivity index (χ0n) is 11.1. The second-order valence-corrected chi connectivity index (χ2v) is 4.85. The summed E-state index contributed by atoms with van der Waals surface area (Å²) < 4.78 is 39.7. The Morgan fingerprint density at radius 1 is 1.33 bits per heavy atom. The lowest BCUT2D eigenvalue weighted by atomic mass is 10.2. The van der Waals surface area contributed by atoms with E-state index in [4.69, 9.17) is 11.6 Å². The second kappa shape index (κ2) is 5.40. The van der Waals surface area contributed by atoms with Gasteiger partial charge in [-0.25, -0.2) is 0 Å². The quantitative estimate of drug-likeness (QED) is 0.919. The molecule has 1 aromatic heterocycles. The summed E-state index contributed by atoms with van der Waals surface area (Å²) in [6.07, 6.45) is -4.58. The van der Waals surface area contributed by atoms with E-state index < -0.39 is 22.7 Å². The predicted octanol–water partition coefficient (Wildman–Crippen LogP) is 3.65. The molecule has 0 aliphatic heterocycles. The molecule has 0 atom stereocenters.